The van der Waals surface area contributed by atoms with E-state index >= 15 is 0 Å². The summed E-state index contributed by atoms with van der Waals surface area (Å²) >= 11 is 0. The SMILES string of the molecule is O=C(C=Cc1ccccc1N1CCN(Cc2ccc(F)cc2)CC1)NO. The summed E-state index contributed by atoms with van der Waals surface area (Å²) in [7, 11) is 0. The van der Waals surface area contributed by atoms with Gasteiger partial charge in [0.1, 0.15) is 5.82 Å². The van der Waals surface area contributed by atoms with Gasteiger partial charge in [-0.2, -0.15) is 0 Å². The molecule has 0 aromatic heterocycles. The number of piperazine rings is 1. The van der Waals surface area contributed by atoms with E-state index in [0.29, 0.717) is 0 Å². The van der Waals surface area contributed by atoms with Gasteiger partial charge in [-0.25, -0.2) is 9.87 Å². The number of anilines is 1. The zero-order valence-electron chi connectivity index (χ0n) is 14.4. The van der Waals surface area contributed by atoms with Crippen LogP contribution in [0, 0.1) is 5.82 Å². The first-order chi connectivity index (χ1) is 12.7. The van der Waals surface area contributed by atoms with Gasteiger partial charge in [0, 0.05) is 44.5 Å². The van der Waals surface area contributed by atoms with Crippen molar-refractivity contribution in [2.45, 2.75) is 6.54 Å². The van der Waals surface area contributed by atoms with Crippen LogP contribution >= 0.6 is 0 Å². The number of carbonyl (C=O) groups is 1. The zero-order chi connectivity index (χ0) is 18.4. The fourth-order valence-electron chi connectivity index (χ4n) is 3.11. The molecule has 1 fully saturated rings. The second kappa shape index (κ2) is 8.60. The molecule has 26 heavy (non-hydrogen) atoms. The molecule has 1 amide bonds. The van der Waals surface area contributed by atoms with Crippen molar-refractivity contribution in [2.24, 2.45) is 0 Å². The maximum Gasteiger partial charge on any atom is 0.267 e. The summed E-state index contributed by atoms with van der Waals surface area (Å²) in [6.07, 6.45) is 3.01. The van der Waals surface area contributed by atoms with E-state index in [1.165, 1.54) is 18.2 Å². The minimum absolute atomic E-state index is 0.210. The van der Waals surface area contributed by atoms with Crippen LogP contribution in [0.15, 0.2) is 54.6 Å². The zero-order valence-corrected chi connectivity index (χ0v) is 14.4. The molecule has 0 radical (unpaired) electrons. The molecule has 0 saturated carbocycles. The van der Waals surface area contributed by atoms with Gasteiger partial charge in [0.2, 0.25) is 0 Å². The van der Waals surface area contributed by atoms with Crippen molar-refractivity contribution in [3.63, 3.8) is 0 Å². The Labute approximate surface area is 152 Å². The van der Waals surface area contributed by atoms with Gasteiger partial charge in [0.15, 0.2) is 0 Å². The summed E-state index contributed by atoms with van der Waals surface area (Å²) in [4.78, 5) is 15.9. The normalized spacial score (nSPS) is 15.4. The van der Waals surface area contributed by atoms with Gasteiger partial charge in [-0.05, 0) is 35.4 Å². The number of hydrogen-bond acceptors (Lipinski definition) is 4. The Morgan fingerprint density at radius 2 is 1.77 bits per heavy atom. The van der Waals surface area contributed by atoms with Gasteiger partial charge in [-0.15, -0.1) is 0 Å². The largest absolute Gasteiger partial charge is 0.368 e. The molecule has 1 saturated heterocycles. The highest BCUT2D eigenvalue weighted by Crippen LogP contribution is 2.23. The number of nitrogens with zero attached hydrogens (tertiary/aromatic N) is 2. The average molecular weight is 355 g/mol. The van der Waals surface area contributed by atoms with Gasteiger partial charge in [-0.3, -0.25) is 14.9 Å². The molecule has 1 aliphatic heterocycles. The predicted molar refractivity (Wildman–Crippen MR) is 99.3 cm³/mol. The van der Waals surface area contributed by atoms with E-state index in [-0.39, 0.29) is 5.82 Å². The van der Waals surface area contributed by atoms with Gasteiger partial charge in [0.05, 0.1) is 0 Å². The first kappa shape index (κ1) is 18.1. The van der Waals surface area contributed by atoms with Crippen molar-refractivity contribution in [1.82, 2.24) is 10.4 Å². The van der Waals surface area contributed by atoms with Gasteiger partial charge in [0.25, 0.3) is 5.91 Å². The van der Waals surface area contributed by atoms with E-state index in [1.54, 1.807) is 11.6 Å². The number of benzene rings is 2. The van der Waals surface area contributed by atoms with Crippen molar-refractivity contribution in [2.75, 3.05) is 31.1 Å². The second-order valence-electron chi connectivity index (χ2n) is 6.26. The molecular formula is C20H22FN3O2. The molecule has 5 nitrogen and oxygen atoms in total. The van der Waals surface area contributed by atoms with Crippen molar-refractivity contribution in [3.8, 4) is 0 Å². The quantitative estimate of drug-likeness (QED) is 0.492. The molecule has 0 bridgehead atoms. The second-order valence-corrected chi connectivity index (χ2v) is 6.26. The lowest BCUT2D eigenvalue weighted by atomic mass is 10.1. The van der Waals surface area contributed by atoms with Crippen LogP contribution in [-0.4, -0.2) is 42.2 Å². The summed E-state index contributed by atoms with van der Waals surface area (Å²) in [5.74, 6) is -0.762. The minimum Gasteiger partial charge on any atom is -0.368 e. The number of hydroxylamine groups is 1. The lowest BCUT2D eigenvalue weighted by Crippen LogP contribution is -2.46. The summed E-state index contributed by atoms with van der Waals surface area (Å²) < 4.78 is 13.0. The van der Waals surface area contributed by atoms with Gasteiger partial charge in [-0.1, -0.05) is 30.3 Å². The molecule has 0 unspecified atom stereocenters. The Bertz CT molecular complexity index is 769. The van der Waals surface area contributed by atoms with Crippen molar-refractivity contribution >= 4 is 17.7 Å². The van der Waals surface area contributed by atoms with E-state index in [0.717, 1.165) is 49.5 Å². The van der Waals surface area contributed by atoms with E-state index in [9.17, 15) is 9.18 Å². The number of hydrogen-bond donors (Lipinski definition) is 2. The molecule has 0 spiro atoms. The first-order valence-corrected chi connectivity index (χ1v) is 8.58. The molecule has 1 heterocycles. The molecule has 0 atom stereocenters. The lowest BCUT2D eigenvalue weighted by Gasteiger charge is -2.36. The number of para-hydroxylation sites is 1. The van der Waals surface area contributed by atoms with Crippen LogP contribution in [0.2, 0.25) is 0 Å². The van der Waals surface area contributed by atoms with Crippen LogP contribution in [0.4, 0.5) is 10.1 Å². The fraction of sp³-hybridized carbons (Fsp3) is 0.250. The summed E-state index contributed by atoms with van der Waals surface area (Å²) in [6, 6.07) is 14.5. The number of rotatable bonds is 5. The van der Waals surface area contributed by atoms with Crippen LogP contribution in [0.25, 0.3) is 6.08 Å². The number of amides is 1. The molecule has 3 rings (SSSR count). The molecule has 136 valence electrons. The molecule has 2 N–H and O–H groups in total. The van der Waals surface area contributed by atoms with Crippen LogP contribution in [-0.2, 0) is 11.3 Å². The van der Waals surface area contributed by atoms with Crippen LogP contribution in [0.3, 0.4) is 0 Å². The van der Waals surface area contributed by atoms with Crippen molar-refractivity contribution in [3.05, 3.63) is 71.6 Å². The Morgan fingerprint density at radius 3 is 2.46 bits per heavy atom. The van der Waals surface area contributed by atoms with Crippen LogP contribution in [0.5, 0.6) is 0 Å². The van der Waals surface area contributed by atoms with Gasteiger partial charge < -0.3 is 4.90 Å². The van der Waals surface area contributed by atoms with E-state index < -0.39 is 5.91 Å². The average Bonchev–Trinajstić information content (AvgIpc) is 2.69. The summed E-state index contributed by atoms with van der Waals surface area (Å²) in [5.41, 5.74) is 4.71. The summed E-state index contributed by atoms with van der Waals surface area (Å²) in [6.45, 7) is 4.38. The van der Waals surface area contributed by atoms with E-state index in [4.69, 9.17) is 5.21 Å². The fourth-order valence-corrected chi connectivity index (χ4v) is 3.11. The Kier molecular flexibility index (Phi) is 5.99. The molecule has 2 aromatic rings. The third-order valence-electron chi connectivity index (χ3n) is 4.49. The Hall–Kier alpha value is -2.70. The minimum atomic E-state index is -0.552. The number of nitrogens with one attached hydrogen (secondary N) is 1. The number of halogens is 1. The molecule has 1 aliphatic rings. The summed E-state index contributed by atoms with van der Waals surface area (Å²) in [5, 5.41) is 8.61. The lowest BCUT2D eigenvalue weighted by molar-refractivity contribution is -0.124. The molecule has 6 heteroatoms. The molecular weight excluding hydrogens is 333 g/mol. The maximum absolute atomic E-state index is 13.0. The van der Waals surface area contributed by atoms with Crippen molar-refractivity contribution < 1.29 is 14.4 Å². The van der Waals surface area contributed by atoms with Crippen molar-refractivity contribution in [1.29, 1.82) is 0 Å². The Balaban J connectivity index is 1.62. The first-order valence-electron chi connectivity index (χ1n) is 8.58. The van der Waals surface area contributed by atoms with E-state index in [1.807, 2.05) is 36.4 Å². The smallest absolute Gasteiger partial charge is 0.267 e. The Morgan fingerprint density at radius 1 is 1.08 bits per heavy atom. The molecule has 0 aliphatic carbocycles. The number of carbonyl (C=O) groups excluding carboxylic acids is 1. The van der Waals surface area contributed by atoms with Crippen LogP contribution in [0.1, 0.15) is 11.1 Å². The van der Waals surface area contributed by atoms with Gasteiger partial charge >= 0.3 is 0 Å². The maximum atomic E-state index is 13.0. The van der Waals surface area contributed by atoms with E-state index in [2.05, 4.69) is 9.80 Å². The highest BCUT2D eigenvalue weighted by atomic mass is 19.1. The van der Waals surface area contributed by atoms with Crippen LogP contribution < -0.4 is 10.4 Å². The standard InChI is InChI=1S/C20H22FN3O2/c21-18-8-5-16(6-9-18)15-23-11-13-24(14-12-23)19-4-2-1-3-17(19)7-10-20(25)22-26/h1-10,26H,11-15H2,(H,22,25). The third-order valence-corrected chi connectivity index (χ3v) is 4.49. The predicted octanol–water partition coefficient (Wildman–Crippen LogP) is 2.67. The topological polar surface area (TPSA) is 55.8 Å². The molecule has 2 aromatic carbocycles. The highest BCUT2D eigenvalue weighted by molar-refractivity contribution is 5.91. The highest BCUT2D eigenvalue weighted by Gasteiger charge is 2.18. The monoisotopic (exact) mass is 355 g/mol. The third kappa shape index (κ3) is 4.68.